The third-order valence-corrected chi connectivity index (χ3v) is 2.89. The Morgan fingerprint density at radius 2 is 2.38 bits per heavy atom. The summed E-state index contributed by atoms with van der Waals surface area (Å²) in [6.07, 6.45) is 4.22. The number of carbonyl (C=O) groups is 1. The highest BCUT2D eigenvalue weighted by Gasteiger charge is 2.19. The van der Waals surface area contributed by atoms with E-state index in [0.29, 0.717) is 5.76 Å². The number of furan rings is 1. The van der Waals surface area contributed by atoms with Crippen molar-refractivity contribution in [2.75, 3.05) is 6.54 Å². The van der Waals surface area contributed by atoms with E-state index in [2.05, 4.69) is 5.32 Å². The van der Waals surface area contributed by atoms with E-state index in [-0.39, 0.29) is 5.91 Å². The van der Waals surface area contributed by atoms with Crippen molar-refractivity contribution in [1.29, 1.82) is 0 Å². The topological polar surface area (TPSA) is 47.2 Å². The lowest BCUT2D eigenvalue weighted by atomic mass is 10.1. The van der Waals surface area contributed by atoms with Crippen LogP contribution in [0.3, 0.4) is 0 Å². The van der Waals surface area contributed by atoms with Crippen LogP contribution in [0.25, 0.3) is 0 Å². The predicted octanol–water partition coefficient (Wildman–Crippen LogP) is 1.42. The molecule has 1 aliphatic heterocycles. The molecule has 82 valence electrons. The first-order valence-corrected chi connectivity index (χ1v) is 5.34. The Balaban J connectivity index is 2.01. The van der Waals surface area contributed by atoms with Gasteiger partial charge in [0.2, 0.25) is 0 Å². The summed E-state index contributed by atoms with van der Waals surface area (Å²) in [5.74, 6) is 0.296. The Labute approximate surface area is 92.9 Å². The number of hydrogen-bond donors (Lipinski definition) is 1. The van der Waals surface area contributed by atoms with Gasteiger partial charge in [0, 0.05) is 31.4 Å². The molecule has 16 heavy (non-hydrogen) atoms. The molecule has 2 aromatic heterocycles. The maximum atomic E-state index is 12.1. The van der Waals surface area contributed by atoms with Crippen LogP contribution in [0.5, 0.6) is 0 Å². The zero-order valence-corrected chi connectivity index (χ0v) is 8.77. The number of fused-ring (bicyclic) bond motifs is 1. The van der Waals surface area contributed by atoms with Crippen molar-refractivity contribution in [1.82, 2.24) is 9.88 Å². The molecule has 0 unspecified atom stereocenters. The number of rotatable bonds is 1. The van der Waals surface area contributed by atoms with Gasteiger partial charge in [-0.25, -0.2) is 0 Å². The van der Waals surface area contributed by atoms with E-state index in [4.69, 9.17) is 4.42 Å². The molecular formula is C12H12N2O2. The lowest BCUT2D eigenvalue weighted by molar-refractivity contribution is 0.0929. The lowest BCUT2D eigenvalue weighted by Gasteiger charge is -2.15. The third kappa shape index (κ3) is 1.39. The average molecular weight is 216 g/mol. The summed E-state index contributed by atoms with van der Waals surface area (Å²) >= 11 is 0. The molecule has 0 aliphatic carbocycles. The van der Waals surface area contributed by atoms with Crippen molar-refractivity contribution >= 4 is 5.91 Å². The van der Waals surface area contributed by atoms with Gasteiger partial charge in [0.25, 0.3) is 5.91 Å². The van der Waals surface area contributed by atoms with E-state index >= 15 is 0 Å². The number of carbonyl (C=O) groups excluding carboxylic acids is 1. The highest BCUT2D eigenvalue weighted by molar-refractivity contribution is 5.94. The van der Waals surface area contributed by atoms with Crippen molar-refractivity contribution in [3.05, 3.63) is 47.7 Å². The summed E-state index contributed by atoms with van der Waals surface area (Å²) in [7, 11) is 0. The summed E-state index contributed by atoms with van der Waals surface area (Å²) in [5, 5.41) is 3.28. The molecule has 4 nitrogen and oxygen atoms in total. The monoisotopic (exact) mass is 216 g/mol. The van der Waals surface area contributed by atoms with E-state index < -0.39 is 0 Å². The highest BCUT2D eigenvalue weighted by atomic mass is 16.3. The molecule has 3 rings (SSSR count). The van der Waals surface area contributed by atoms with Gasteiger partial charge >= 0.3 is 0 Å². The maximum Gasteiger partial charge on any atom is 0.297 e. The van der Waals surface area contributed by atoms with Crippen molar-refractivity contribution < 1.29 is 9.21 Å². The van der Waals surface area contributed by atoms with E-state index in [9.17, 15) is 4.79 Å². The summed E-state index contributed by atoms with van der Waals surface area (Å²) in [6.45, 7) is 1.76. The molecule has 0 saturated heterocycles. The molecule has 0 saturated carbocycles. The van der Waals surface area contributed by atoms with E-state index in [1.54, 1.807) is 16.7 Å². The molecule has 0 atom stereocenters. The summed E-state index contributed by atoms with van der Waals surface area (Å²) in [6, 6.07) is 5.41. The molecule has 0 bridgehead atoms. The lowest BCUT2D eigenvalue weighted by Crippen LogP contribution is -2.26. The fraction of sp³-hybridized carbons (Fsp3) is 0.250. The first-order chi connectivity index (χ1) is 7.86. The van der Waals surface area contributed by atoms with Gasteiger partial charge in [0.1, 0.15) is 0 Å². The van der Waals surface area contributed by atoms with Gasteiger partial charge in [0.15, 0.2) is 5.76 Å². The molecular weight excluding hydrogens is 204 g/mol. The quantitative estimate of drug-likeness (QED) is 0.784. The van der Waals surface area contributed by atoms with Gasteiger partial charge in [-0.2, -0.15) is 0 Å². The van der Waals surface area contributed by atoms with Crippen molar-refractivity contribution in [3.63, 3.8) is 0 Å². The first-order valence-electron chi connectivity index (χ1n) is 5.34. The van der Waals surface area contributed by atoms with E-state index in [0.717, 1.165) is 25.2 Å². The molecule has 2 aromatic rings. The summed E-state index contributed by atoms with van der Waals surface area (Å²) in [5.41, 5.74) is 2.30. The Kier molecular flexibility index (Phi) is 2.15. The van der Waals surface area contributed by atoms with Crippen LogP contribution in [0.1, 0.15) is 21.8 Å². The minimum absolute atomic E-state index is 0.0897. The Morgan fingerprint density at radius 3 is 3.19 bits per heavy atom. The van der Waals surface area contributed by atoms with Gasteiger partial charge in [-0.3, -0.25) is 9.36 Å². The van der Waals surface area contributed by atoms with Gasteiger partial charge in [0.05, 0.1) is 6.26 Å². The number of aromatic nitrogens is 1. The predicted molar refractivity (Wildman–Crippen MR) is 58.3 cm³/mol. The highest BCUT2D eigenvalue weighted by Crippen LogP contribution is 2.17. The van der Waals surface area contributed by atoms with Crippen molar-refractivity contribution in [2.24, 2.45) is 0 Å². The molecule has 4 heteroatoms. The first kappa shape index (κ1) is 9.42. The van der Waals surface area contributed by atoms with Crippen LogP contribution in [-0.4, -0.2) is 17.0 Å². The Morgan fingerprint density at radius 1 is 1.44 bits per heavy atom. The van der Waals surface area contributed by atoms with Crippen LogP contribution < -0.4 is 5.32 Å². The van der Waals surface area contributed by atoms with Gasteiger partial charge < -0.3 is 9.73 Å². The zero-order valence-electron chi connectivity index (χ0n) is 8.77. The zero-order chi connectivity index (χ0) is 11.0. The van der Waals surface area contributed by atoms with E-state index in [1.165, 1.54) is 11.8 Å². The number of nitrogens with zero attached hydrogens (tertiary/aromatic N) is 1. The Bertz CT molecular complexity index is 511. The van der Waals surface area contributed by atoms with Gasteiger partial charge in [-0.15, -0.1) is 0 Å². The smallest absolute Gasteiger partial charge is 0.297 e. The van der Waals surface area contributed by atoms with Crippen LogP contribution in [0.2, 0.25) is 0 Å². The van der Waals surface area contributed by atoms with Crippen LogP contribution >= 0.6 is 0 Å². The number of nitrogens with one attached hydrogen (secondary N) is 1. The molecule has 1 aliphatic rings. The van der Waals surface area contributed by atoms with Crippen molar-refractivity contribution in [3.8, 4) is 0 Å². The molecule has 1 N–H and O–H groups in total. The minimum Gasteiger partial charge on any atom is -0.459 e. The molecule has 0 spiro atoms. The molecule has 0 amide bonds. The summed E-state index contributed by atoms with van der Waals surface area (Å²) < 4.78 is 6.81. The fourth-order valence-electron chi connectivity index (χ4n) is 2.09. The second-order valence-corrected chi connectivity index (χ2v) is 3.87. The second-order valence-electron chi connectivity index (χ2n) is 3.87. The van der Waals surface area contributed by atoms with Gasteiger partial charge in [-0.05, 0) is 23.8 Å². The van der Waals surface area contributed by atoms with Crippen LogP contribution in [0.15, 0.2) is 35.1 Å². The largest absolute Gasteiger partial charge is 0.459 e. The van der Waals surface area contributed by atoms with Crippen LogP contribution in [0.4, 0.5) is 0 Å². The standard InChI is InChI=1S/C12H12N2O2/c15-12(11-2-1-7-16-11)14-6-4-9-8-13-5-3-10(9)14/h1-2,4,6-7,13H,3,5,8H2. The maximum absolute atomic E-state index is 12.1. The molecule has 0 fully saturated rings. The van der Waals surface area contributed by atoms with Crippen LogP contribution in [0, 0.1) is 0 Å². The minimum atomic E-state index is -0.0897. The molecule has 0 aromatic carbocycles. The average Bonchev–Trinajstić information content (AvgIpc) is 2.98. The van der Waals surface area contributed by atoms with Gasteiger partial charge in [-0.1, -0.05) is 0 Å². The Hall–Kier alpha value is -1.81. The van der Waals surface area contributed by atoms with Crippen LogP contribution in [-0.2, 0) is 13.0 Å². The van der Waals surface area contributed by atoms with E-state index in [1.807, 2.05) is 12.3 Å². The summed E-state index contributed by atoms with van der Waals surface area (Å²) in [4.78, 5) is 12.1. The normalized spacial score (nSPS) is 14.8. The SMILES string of the molecule is O=C(c1ccco1)n1ccc2c1CCNC2. The fourth-order valence-corrected chi connectivity index (χ4v) is 2.09. The molecule has 3 heterocycles. The number of hydrogen-bond acceptors (Lipinski definition) is 3. The second kappa shape index (κ2) is 3.64. The van der Waals surface area contributed by atoms with Crippen molar-refractivity contribution in [2.45, 2.75) is 13.0 Å². The molecule has 0 radical (unpaired) electrons. The third-order valence-electron chi connectivity index (χ3n) is 2.89.